The molecule has 8 nitrogen and oxygen atoms in total. The molecule has 0 unspecified atom stereocenters. The Kier molecular flexibility index (Phi) is 6.03. The SMILES string of the molecule is CCN(CC)S(=O)(=O)c1cc(-c2cc(C(=O)N3CCc4ccccc43)no2)ccc1OC. The predicted molar refractivity (Wildman–Crippen MR) is 120 cm³/mol. The molecule has 0 aliphatic carbocycles. The van der Waals surface area contributed by atoms with Gasteiger partial charge in [-0.05, 0) is 36.2 Å². The zero-order valence-electron chi connectivity index (χ0n) is 18.2. The second kappa shape index (κ2) is 8.76. The molecule has 0 fully saturated rings. The highest BCUT2D eigenvalue weighted by atomic mass is 32.2. The van der Waals surface area contributed by atoms with Gasteiger partial charge in [0.15, 0.2) is 11.5 Å². The molecule has 0 spiro atoms. The van der Waals surface area contributed by atoms with E-state index < -0.39 is 10.0 Å². The number of aromatic nitrogens is 1. The first-order valence-electron chi connectivity index (χ1n) is 10.5. The Morgan fingerprint density at radius 1 is 1.16 bits per heavy atom. The molecule has 32 heavy (non-hydrogen) atoms. The fraction of sp³-hybridized carbons (Fsp3) is 0.304. The van der Waals surface area contributed by atoms with Crippen LogP contribution in [0.25, 0.3) is 11.3 Å². The molecule has 2 aromatic carbocycles. The minimum atomic E-state index is -3.76. The summed E-state index contributed by atoms with van der Waals surface area (Å²) in [6, 6.07) is 14.1. The van der Waals surface area contributed by atoms with E-state index in [0.29, 0.717) is 31.0 Å². The van der Waals surface area contributed by atoms with Gasteiger partial charge in [0.25, 0.3) is 5.91 Å². The Bertz CT molecular complexity index is 1250. The quantitative estimate of drug-likeness (QED) is 0.541. The van der Waals surface area contributed by atoms with Crippen molar-refractivity contribution in [3.8, 4) is 17.1 Å². The first-order valence-corrected chi connectivity index (χ1v) is 11.9. The van der Waals surface area contributed by atoms with E-state index in [2.05, 4.69) is 5.16 Å². The molecular weight excluding hydrogens is 430 g/mol. The Balaban J connectivity index is 1.67. The molecule has 0 atom stereocenters. The number of sulfonamides is 1. The number of ether oxygens (including phenoxy) is 1. The van der Waals surface area contributed by atoms with E-state index in [4.69, 9.17) is 9.26 Å². The molecule has 1 amide bonds. The van der Waals surface area contributed by atoms with E-state index in [9.17, 15) is 13.2 Å². The van der Waals surface area contributed by atoms with Gasteiger partial charge in [0, 0.05) is 37.0 Å². The van der Waals surface area contributed by atoms with Gasteiger partial charge in [0.05, 0.1) is 7.11 Å². The lowest BCUT2D eigenvalue weighted by Crippen LogP contribution is -2.30. The standard InChI is InChI=1S/C23H25N3O5S/c1-4-25(5-2)32(28,29)22-14-17(10-11-20(22)30-3)21-15-18(24-31-21)23(27)26-13-12-16-8-6-7-9-19(16)26/h6-11,14-15H,4-5,12-13H2,1-3H3. The van der Waals surface area contributed by atoms with Crippen LogP contribution < -0.4 is 9.64 Å². The Morgan fingerprint density at radius 2 is 1.91 bits per heavy atom. The number of amides is 1. The number of rotatable bonds is 7. The van der Waals surface area contributed by atoms with Crippen LogP contribution in [-0.2, 0) is 16.4 Å². The lowest BCUT2D eigenvalue weighted by atomic mass is 10.1. The molecule has 0 bridgehead atoms. The maximum absolute atomic E-state index is 13.1. The molecule has 2 heterocycles. The van der Waals surface area contributed by atoms with E-state index in [1.54, 1.807) is 36.9 Å². The van der Waals surface area contributed by atoms with Gasteiger partial charge in [-0.3, -0.25) is 4.79 Å². The van der Waals surface area contributed by atoms with Gasteiger partial charge in [-0.1, -0.05) is 37.2 Å². The minimum Gasteiger partial charge on any atom is -0.495 e. The second-order valence-electron chi connectivity index (χ2n) is 7.37. The number of anilines is 1. The van der Waals surface area contributed by atoms with E-state index in [0.717, 1.165) is 17.7 Å². The van der Waals surface area contributed by atoms with Crippen LogP contribution in [0.15, 0.2) is 57.9 Å². The normalized spacial score (nSPS) is 13.4. The van der Waals surface area contributed by atoms with Crippen LogP contribution >= 0.6 is 0 Å². The van der Waals surface area contributed by atoms with Crippen LogP contribution in [0.5, 0.6) is 5.75 Å². The van der Waals surface area contributed by atoms with Crippen molar-refractivity contribution >= 4 is 21.6 Å². The highest BCUT2D eigenvalue weighted by Gasteiger charge is 2.29. The van der Waals surface area contributed by atoms with Crippen LogP contribution in [0.4, 0.5) is 5.69 Å². The zero-order valence-corrected chi connectivity index (χ0v) is 19.1. The molecular formula is C23H25N3O5S. The van der Waals surface area contributed by atoms with Gasteiger partial charge in [-0.2, -0.15) is 4.31 Å². The van der Waals surface area contributed by atoms with Crippen LogP contribution in [-0.4, -0.2) is 50.5 Å². The smallest absolute Gasteiger partial charge is 0.280 e. The third-order valence-electron chi connectivity index (χ3n) is 5.63. The highest BCUT2D eigenvalue weighted by molar-refractivity contribution is 7.89. The number of hydrogen-bond acceptors (Lipinski definition) is 6. The molecule has 0 saturated carbocycles. The average molecular weight is 456 g/mol. The van der Waals surface area contributed by atoms with Crippen molar-refractivity contribution < 1.29 is 22.5 Å². The number of para-hydroxylation sites is 1. The number of nitrogens with zero attached hydrogens (tertiary/aromatic N) is 3. The average Bonchev–Trinajstić information content (AvgIpc) is 3.46. The molecule has 0 radical (unpaired) electrons. The lowest BCUT2D eigenvalue weighted by Gasteiger charge is -2.20. The third kappa shape index (κ3) is 3.78. The molecule has 168 valence electrons. The van der Waals surface area contributed by atoms with Crippen molar-refractivity contribution in [1.82, 2.24) is 9.46 Å². The van der Waals surface area contributed by atoms with E-state index in [-0.39, 0.29) is 22.2 Å². The van der Waals surface area contributed by atoms with Crippen LogP contribution in [0, 0.1) is 0 Å². The number of fused-ring (bicyclic) bond motifs is 1. The van der Waals surface area contributed by atoms with Gasteiger partial charge in [0.1, 0.15) is 10.6 Å². The van der Waals surface area contributed by atoms with E-state index in [1.807, 2.05) is 24.3 Å². The Morgan fingerprint density at radius 3 is 2.62 bits per heavy atom. The summed E-state index contributed by atoms with van der Waals surface area (Å²) in [7, 11) is -2.33. The summed E-state index contributed by atoms with van der Waals surface area (Å²) in [5.74, 6) is 0.291. The number of carbonyl (C=O) groups is 1. The molecule has 4 rings (SSSR count). The lowest BCUT2D eigenvalue weighted by molar-refractivity contribution is 0.0980. The maximum atomic E-state index is 13.1. The molecule has 0 N–H and O–H groups in total. The Hall–Kier alpha value is -3.17. The van der Waals surface area contributed by atoms with Gasteiger partial charge in [-0.15, -0.1) is 0 Å². The Labute approximate surface area is 187 Å². The first-order chi connectivity index (χ1) is 15.4. The monoisotopic (exact) mass is 455 g/mol. The summed E-state index contributed by atoms with van der Waals surface area (Å²) in [5.41, 5.74) is 2.65. The summed E-state index contributed by atoms with van der Waals surface area (Å²) in [4.78, 5) is 14.8. The van der Waals surface area contributed by atoms with Crippen molar-refractivity contribution in [1.29, 1.82) is 0 Å². The molecule has 1 aliphatic heterocycles. The van der Waals surface area contributed by atoms with Crippen molar-refractivity contribution in [3.63, 3.8) is 0 Å². The summed E-state index contributed by atoms with van der Waals surface area (Å²) in [5, 5.41) is 3.95. The third-order valence-corrected chi connectivity index (χ3v) is 7.70. The molecule has 0 saturated heterocycles. The topological polar surface area (TPSA) is 93.0 Å². The molecule has 1 aliphatic rings. The largest absolute Gasteiger partial charge is 0.495 e. The summed E-state index contributed by atoms with van der Waals surface area (Å²) < 4.78 is 38.3. The number of carbonyl (C=O) groups excluding carboxylic acids is 1. The minimum absolute atomic E-state index is 0.0407. The maximum Gasteiger partial charge on any atom is 0.280 e. The van der Waals surface area contributed by atoms with Gasteiger partial charge < -0.3 is 14.2 Å². The number of methoxy groups -OCH3 is 1. The van der Waals surface area contributed by atoms with Gasteiger partial charge >= 0.3 is 0 Å². The van der Waals surface area contributed by atoms with Crippen molar-refractivity contribution in [2.24, 2.45) is 0 Å². The summed E-state index contributed by atoms with van der Waals surface area (Å²) in [6.07, 6.45) is 0.789. The first kappa shape index (κ1) is 22.0. The summed E-state index contributed by atoms with van der Waals surface area (Å²) in [6.45, 7) is 4.81. The molecule has 3 aromatic rings. The van der Waals surface area contributed by atoms with Crippen molar-refractivity contribution in [3.05, 3.63) is 59.8 Å². The van der Waals surface area contributed by atoms with Crippen molar-refractivity contribution in [2.75, 3.05) is 31.6 Å². The fourth-order valence-electron chi connectivity index (χ4n) is 3.93. The second-order valence-corrected chi connectivity index (χ2v) is 9.27. The zero-order chi connectivity index (χ0) is 22.9. The molecule has 1 aromatic heterocycles. The van der Waals surface area contributed by atoms with Crippen molar-refractivity contribution in [2.45, 2.75) is 25.2 Å². The van der Waals surface area contributed by atoms with E-state index >= 15 is 0 Å². The molecule has 9 heteroatoms. The van der Waals surface area contributed by atoms with Gasteiger partial charge in [0.2, 0.25) is 10.0 Å². The highest BCUT2D eigenvalue weighted by Crippen LogP contribution is 2.33. The number of hydrogen-bond donors (Lipinski definition) is 0. The predicted octanol–water partition coefficient (Wildman–Crippen LogP) is 3.58. The van der Waals surface area contributed by atoms with Crippen LogP contribution in [0.1, 0.15) is 29.9 Å². The van der Waals surface area contributed by atoms with Crippen LogP contribution in [0.2, 0.25) is 0 Å². The fourth-order valence-corrected chi connectivity index (χ4v) is 5.57. The van der Waals surface area contributed by atoms with Gasteiger partial charge in [-0.25, -0.2) is 8.42 Å². The summed E-state index contributed by atoms with van der Waals surface area (Å²) >= 11 is 0. The van der Waals surface area contributed by atoms with E-state index in [1.165, 1.54) is 17.5 Å². The van der Waals surface area contributed by atoms with Crippen LogP contribution in [0.3, 0.4) is 0 Å². The number of benzene rings is 2.